The molecule has 1 aromatic carbocycles. The van der Waals surface area contributed by atoms with Crippen molar-refractivity contribution in [2.24, 2.45) is 0 Å². The van der Waals surface area contributed by atoms with Crippen molar-refractivity contribution in [3.63, 3.8) is 0 Å². The number of nitrogens with zero attached hydrogens (tertiary/aromatic N) is 3. The van der Waals surface area contributed by atoms with Crippen LogP contribution < -0.4 is 10.9 Å². The van der Waals surface area contributed by atoms with Crippen LogP contribution in [0.1, 0.15) is 68.7 Å². The molecule has 1 fully saturated rings. The lowest BCUT2D eigenvalue weighted by molar-refractivity contribution is -0.124. The minimum atomic E-state index is -0.791. The third-order valence-electron chi connectivity index (χ3n) is 6.17. The topological polar surface area (TPSA) is 93.5 Å². The molecule has 2 amide bonds. The van der Waals surface area contributed by atoms with Crippen LogP contribution in [0.15, 0.2) is 35.1 Å². The lowest BCUT2D eigenvalue weighted by atomic mass is 9.92. The standard InChI is InChI=1S/C25H32N4O4/c1-16-26-20-15-28(24(32)33-25(2,3)4)14-13-19(20)23(31)29(16)21(17-9-6-5-7-10-17)22(30)27-18-11-8-12-18/h5-7,9-10,18,21H,8,11-15H2,1-4H3,(H,27,30). The average Bonchev–Trinajstić information content (AvgIpc) is 2.72. The number of benzene rings is 1. The van der Waals surface area contributed by atoms with E-state index in [4.69, 9.17) is 4.74 Å². The van der Waals surface area contributed by atoms with Crippen LogP contribution >= 0.6 is 0 Å². The number of carbonyl (C=O) groups is 2. The van der Waals surface area contributed by atoms with Gasteiger partial charge >= 0.3 is 6.09 Å². The van der Waals surface area contributed by atoms with E-state index >= 15 is 0 Å². The van der Waals surface area contributed by atoms with Gasteiger partial charge in [0.25, 0.3) is 5.56 Å². The number of hydrogen-bond donors (Lipinski definition) is 1. The van der Waals surface area contributed by atoms with Gasteiger partial charge in [0.15, 0.2) is 0 Å². The third-order valence-corrected chi connectivity index (χ3v) is 6.17. The molecule has 1 unspecified atom stereocenters. The molecule has 1 aliphatic heterocycles. The van der Waals surface area contributed by atoms with Crippen molar-refractivity contribution in [3.05, 3.63) is 63.3 Å². The highest BCUT2D eigenvalue weighted by molar-refractivity contribution is 5.84. The molecule has 1 saturated carbocycles. The second-order valence-corrected chi connectivity index (χ2v) is 9.86. The van der Waals surface area contributed by atoms with E-state index in [1.807, 2.05) is 51.1 Å². The normalized spacial score (nSPS) is 17.0. The van der Waals surface area contributed by atoms with Gasteiger partial charge in [-0.1, -0.05) is 30.3 Å². The summed E-state index contributed by atoms with van der Waals surface area (Å²) in [6.45, 7) is 7.78. The van der Waals surface area contributed by atoms with E-state index in [9.17, 15) is 14.4 Å². The summed E-state index contributed by atoms with van der Waals surface area (Å²) in [5.41, 5.74) is 1.04. The van der Waals surface area contributed by atoms with Crippen LogP contribution in [-0.4, -0.2) is 44.6 Å². The molecule has 1 atom stereocenters. The molecule has 4 rings (SSSR count). The van der Waals surface area contributed by atoms with E-state index in [2.05, 4.69) is 10.3 Å². The first kappa shape index (κ1) is 23.0. The van der Waals surface area contributed by atoms with Crippen molar-refractivity contribution in [3.8, 4) is 0 Å². The molecule has 0 saturated heterocycles. The number of aryl methyl sites for hydroxylation is 1. The SMILES string of the molecule is Cc1nc2c(c(=O)n1C(C(=O)NC1CCC1)c1ccccc1)CCN(C(=O)OC(C)(C)C)C2. The van der Waals surface area contributed by atoms with Gasteiger partial charge in [-0.25, -0.2) is 9.78 Å². The van der Waals surface area contributed by atoms with E-state index in [-0.39, 0.29) is 24.1 Å². The molecule has 2 heterocycles. The fourth-order valence-corrected chi connectivity index (χ4v) is 4.29. The van der Waals surface area contributed by atoms with Gasteiger partial charge in [-0.15, -0.1) is 0 Å². The first-order valence-corrected chi connectivity index (χ1v) is 11.6. The van der Waals surface area contributed by atoms with Crippen molar-refractivity contribution in [1.82, 2.24) is 19.8 Å². The van der Waals surface area contributed by atoms with Crippen LogP contribution in [-0.2, 0) is 22.5 Å². The van der Waals surface area contributed by atoms with Gasteiger partial charge < -0.3 is 15.0 Å². The molecule has 33 heavy (non-hydrogen) atoms. The molecule has 1 aliphatic carbocycles. The second kappa shape index (κ2) is 9.00. The third kappa shape index (κ3) is 4.94. The zero-order valence-corrected chi connectivity index (χ0v) is 19.8. The fourth-order valence-electron chi connectivity index (χ4n) is 4.29. The largest absolute Gasteiger partial charge is 0.444 e. The second-order valence-electron chi connectivity index (χ2n) is 9.86. The van der Waals surface area contributed by atoms with Crippen LogP contribution in [0, 0.1) is 6.92 Å². The molecule has 0 radical (unpaired) electrons. The maximum atomic E-state index is 13.6. The minimum Gasteiger partial charge on any atom is -0.444 e. The average molecular weight is 453 g/mol. The fraction of sp³-hybridized carbons (Fsp3) is 0.520. The van der Waals surface area contributed by atoms with Crippen molar-refractivity contribution >= 4 is 12.0 Å². The van der Waals surface area contributed by atoms with Gasteiger partial charge in [0, 0.05) is 18.2 Å². The van der Waals surface area contributed by atoms with Crippen LogP contribution in [0.5, 0.6) is 0 Å². The predicted octanol–water partition coefficient (Wildman–Crippen LogP) is 3.10. The number of fused-ring (bicyclic) bond motifs is 1. The van der Waals surface area contributed by atoms with E-state index in [0.29, 0.717) is 30.0 Å². The highest BCUT2D eigenvalue weighted by Crippen LogP contribution is 2.24. The number of carbonyl (C=O) groups excluding carboxylic acids is 2. The molecule has 2 aromatic rings. The number of hydrogen-bond acceptors (Lipinski definition) is 5. The number of rotatable bonds is 4. The smallest absolute Gasteiger partial charge is 0.410 e. The molecule has 2 aliphatic rings. The maximum absolute atomic E-state index is 13.6. The zero-order valence-electron chi connectivity index (χ0n) is 19.8. The molecule has 0 spiro atoms. The van der Waals surface area contributed by atoms with Gasteiger partial charge in [-0.3, -0.25) is 14.2 Å². The summed E-state index contributed by atoms with van der Waals surface area (Å²) in [6.07, 6.45) is 2.98. The number of aromatic nitrogens is 2. The zero-order chi connectivity index (χ0) is 23.8. The molecular formula is C25H32N4O4. The summed E-state index contributed by atoms with van der Waals surface area (Å²) in [7, 11) is 0. The first-order chi connectivity index (χ1) is 15.6. The van der Waals surface area contributed by atoms with Gasteiger partial charge in [-0.05, 0) is 58.9 Å². The van der Waals surface area contributed by atoms with E-state index in [1.54, 1.807) is 11.8 Å². The number of nitrogens with one attached hydrogen (secondary N) is 1. The monoisotopic (exact) mass is 452 g/mol. The Labute approximate surface area is 194 Å². The Morgan fingerprint density at radius 1 is 1.18 bits per heavy atom. The molecular weight excluding hydrogens is 420 g/mol. The Balaban J connectivity index is 1.68. The Morgan fingerprint density at radius 2 is 1.88 bits per heavy atom. The molecule has 8 nitrogen and oxygen atoms in total. The van der Waals surface area contributed by atoms with Gasteiger partial charge in [0.2, 0.25) is 5.91 Å². The predicted molar refractivity (Wildman–Crippen MR) is 124 cm³/mol. The van der Waals surface area contributed by atoms with Gasteiger partial charge in [-0.2, -0.15) is 0 Å². The molecule has 0 bridgehead atoms. The number of amides is 2. The van der Waals surface area contributed by atoms with Crippen molar-refractivity contribution in [1.29, 1.82) is 0 Å². The maximum Gasteiger partial charge on any atom is 0.410 e. The van der Waals surface area contributed by atoms with Crippen molar-refractivity contribution in [2.45, 2.75) is 77.6 Å². The summed E-state index contributed by atoms with van der Waals surface area (Å²) < 4.78 is 6.99. The summed E-state index contributed by atoms with van der Waals surface area (Å²) >= 11 is 0. The summed E-state index contributed by atoms with van der Waals surface area (Å²) in [4.78, 5) is 45.7. The van der Waals surface area contributed by atoms with E-state index in [0.717, 1.165) is 24.8 Å². The summed E-state index contributed by atoms with van der Waals surface area (Å²) in [5, 5.41) is 3.10. The van der Waals surface area contributed by atoms with E-state index in [1.165, 1.54) is 4.57 Å². The highest BCUT2D eigenvalue weighted by Gasteiger charge is 2.33. The van der Waals surface area contributed by atoms with Crippen LogP contribution in [0.3, 0.4) is 0 Å². The quantitative estimate of drug-likeness (QED) is 0.769. The highest BCUT2D eigenvalue weighted by atomic mass is 16.6. The summed E-state index contributed by atoms with van der Waals surface area (Å²) in [6, 6.07) is 8.71. The number of ether oxygens (including phenoxy) is 1. The van der Waals surface area contributed by atoms with Crippen molar-refractivity contribution < 1.29 is 14.3 Å². The van der Waals surface area contributed by atoms with Crippen molar-refractivity contribution in [2.75, 3.05) is 6.54 Å². The Kier molecular flexibility index (Phi) is 6.28. The molecule has 8 heteroatoms. The Hall–Kier alpha value is -3.16. The van der Waals surface area contributed by atoms with Gasteiger partial charge in [0.05, 0.1) is 12.2 Å². The molecule has 1 N–H and O–H groups in total. The lowest BCUT2D eigenvalue weighted by Gasteiger charge is -2.32. The Bertz CT molecular complexity index is 1100. The van der Waals surface area contributed by atoms with Crippen LogP contribution in [0.4, 0.5) is 4.79 Å². The molecule has 1 aromatic heterocycles. The summed E-state index contributed by atoms with van der Waals surface area (Å²) in [5.74, 6) is 0.256. The van der Waals surface area contributed by atoms with Gasteiger partial charge in [0.1, 0.15) is 17.5 Å². The Morgan fingerprint density at radius 3 is 2.48 bits per heavy atom. The minimum absolute atomic E-state index is 0.160. The van der Waals surface area contributed by atoms with E-state index < -0.39 is 17.7 Å². The first-order valence-electron chi connectivity index (χ1n) is 11.6. The molecule has 176 valence electrons. The lowest BCUT2D eigenvalue weighted by Crippen LogP contribution is -2.47. The van der Waals surface area contributed by atoms with Crippen LogP contribution in [0.25, 0.3) is 0 Å². The van der Waals surface area contributed by atoms with Crippen LogP contribution in [0.2, 0.25) is 0 Å².